The van der Waals surface area contributed by atoms with E-state index in [2.05, 4.69) is 17.9 Å². The van der Waals surface area contributed by atoms with E-state index in [4.69, 9.17) is 5.11 Å². The van der Waals surface area contributed by atoms with Crippen LogP contribution in [0, 0.1) is 10.1 Å². The van der Waals surface area contributed by atoms with Crippen LogP contribution in [0.1, 0.15) is 0 Å². The molecule has 0 aliphatic rings. The quantitative estimate of drug-likeness (QED) is 0.241. The normalized spacial score (nSPS) is 10.4. The highest BCUT2D eigenvalue weighted by molar-refractivity contribution is 5.94. The fourth-order valence-corrected chi connectivity index (χ4v) is 0.705. The van der Waals surface area contributed by atoms with Crippen molar-refractivity contribution in [1.29, 1.82) is 0 Å². The Labute approximate surface area is 90.5 Å². The molecule has 0 amide bonds. The molecule has 0 aliphatic carbocycles. The van der Waals surface area contributed by atoms with Crippen molar-refractivity contribution in [2.45, 2.75) is 0 Å². The van der Waals surface area contributed by atoms with Gasteiger partial charge in [0, 0.05) is 6.08 Å². The SMILES string of the molecule is C=C(/C=C(\C(=C)C(=O)OC)[N+](=O)[O-])C(=O)O. The van der Waals surface area contributed by atoms with Gasteiger partial charge in [-0.1, -0.05) is 13.2 Å². The van der Waals surface area contributed by atoms with Gasteiger partial charge >= 0.3 is 11.9 Å². The van der Waals surface area contributed by atoms with Crippen LogP contribution in [0.25, 0.3) is 0 Å². The fourth-order valence-electron chi connectivity index (χ4n) is 0.705. The minimum absolute atomic E-state index is 0.531. The summed E-state index contributed by atoms with van der Waals surface area (Å²) in [5.74, 6) is -2.45. The summed E-state index contributed by atoms with van der Waals surface area (Å²) in [5, 5.41) is 19.0. The molecule has 0 saturated carbocycles. The lowest BCUT2D eigenvalue weighted by atomic mass is 10.1. The number of carboxylic acids is 1. The number of aliphatic carboxylic acids is 1. The number of rotatable bonds is 5. The maximum atomic E-state index is 11.0. The zero-order chi connectivity index (χ0) is 12.9. The van der Waals surface area contributed by atoms with E-state index in [0.717, 1.165) is 7.11 Å². The van der Waals surface area contributed by atoms with E-state index >= 15 is 0 Å². The monoisotopic (exact) mass is 227 g/mol. The first-order valence-electron chi connectivity index (χ1n) is 3.87. The molecule has 0 rings (SSSR count). The van der Waals surface area contributed by atoms with Gasteiger partial charge < -0.3 is 9.84 Å². The van der Waals surface area contributed by atoms with Crippen molar-refractivity contribution in [2.24, 2.45) is 0 Å². The average Bonchev–Trinajstić information content (AvgIpc) is 2.22. The van der Waals surface area contributed by atoms with Gasteiger partial charge in [0.05, 0.1) is 17.6 Å². The number of ether oxygens (including phenoxy) is 1. The largest absolute Gasteiger partial charge is 0.478 e. The van der Waals surface area contributed by atoms with E-state index in [9.17, 15) is 19.7 Å². The zero-order valence-electron chi connectivity index (χ0n) is 8.43. The van der Waals surface area contributed by atoms with Crippen LogP contribution in [-0.2, 0) is 14.3 Å². The van der Waals surface area contributed by atoms with E-state index < -0.39 is 33.7 Å². The Balaban J connectivity index is 5.26. The molecule has 0 fully saturated rings. The highest BCUT2D eigenvalue weighted by Crippen LogP contribution is 2.12. The van der Waals surface area contributed by atoms with Crippen LogP contribution in [0.3, 0.4) is 0 Å². The van der Waals surface area contributed by atoms with E-state index in [1.165, 1.54) is 0 Å². The fraction of sp³-hybridized carbons (Fsp3) is 0.111. The third-order valence-electron chi connectivity index (χ3n) is 1.52. The lowest BCUT2D eigenvalue weighted by Gasteiger charge is -2.00. The van der Waals surface area contributed by atoms with Gasteiger partial charge in [0.15, 0.2) is 0 Å². The molecule has 7 heteroatoms. The van der Waals surface area contributed by atoms with Crippen LogP contribution >= 0.6 is 0 Å². The van der Waals surface area contributed by atoms with Crippen molar-refractivity contribution >= 4 is 11.9 Å². The number of hydrogen-bond donors (Lipinski definition) is 1. The second-order valence-electron chi connectivity index (χ2n) is 2.59. The van der Waals surface area contributed by atoms with Crippen LogP contribution < -0.4 is 0 Å². The molecule has 0 heterocycles. The van der Waals surface area contributed by atoms with Crippen LogP contribution in [-0.4, -0.2) is 29.1 Å². The van der Waals surface area contributed by atoms with Crippen LogP contribution in [0.2, 0.25) is 0 Å². The first kappa shape index (κ1) is 13.6. The summed E-state index contributed by atoms with van der Waals surface area (Å²) in [6.45, 7) is 6.21. The Bertz CT molecular complexity index is 406. The predicted molar refractivity (Wildman–Crippen MR) is 53.0 cm³/mol. The summed E-state index contributed by atoms with van der Waals surface area (Å²) >= 11 is 0. The second kappa shape index (κ2) is 5.44. The number of carbonyl (C=O) groups excluding carboxylic acids is 1. The summed E-state index contributed by atoms with van der Waals surface area (Å²) in [5.41, 5.74) is -1.84. The Kier molecular flexibility index (Phi) is 4.61. The van der Waals surface area contributed by atoms with Crippen LogP contribution in [0.15, 0.2) is 36.1 Å². The van der Waals surface area contributed by atoms with Gasteiger partial charge in [-0.3, -0.25) is 10.1 Å². The van der Waals surface area contributed by atoms with Crippen LogP contribution in [0.5, 0.6) is 0 Å². The minimum atomic E-state index is -1.43. The number of methoxy groups -OCH3 is 1. The third-order valence-corrected chi connectivity index (χ3v) is 1.52. The van der Waals surface area contributed by atoms with Crippen molar-refractivity contribution in [3.8, 4) is 0 Å². The first-order valence-corrected chi connectivity index (χ1v) is 3.87. The van der Waals surface area contributed by atoms with Gasteiger partial charge in [-0.2, -0.15) is 0 Å². The van der Waals surface area contributed by atoms with Gasteiger partial charge in [0.2, 0.25) is 0 Å². The summed E-state index contributed by atoms with van der Waals surface area (Å²) in [4.78, 5) is 31.0. The maximum absolute atomic E-state index is 11.0. The number of hydrogen-bond acceptors (Lipinski definition) is 5. The summed E-state index contributed by atoms with van der Waals surface area (Å²) in [6.07, 6.45) is 0.640. The molecule has 7 nitrogen and oxygen atoms in total. The van der Waals surface area contributed by atoms with Crippen molar-refractivity contribution in [2.75, 3.05) is 7.11 Å². The first-order chi connectivity index (χ1) is 7.31. The number of nitrogens with zero attached hydrogens (tertiary/aromatic N) is 1. The predicted octanol–water partition coefficient (Wildman–Crippen LogP) is 0.517. The van der Waals surface area contributed by atoms with Crippen LogP contribution in [0.4, 0.5) is 0 Å². The van der Waals surface area contributed by atoms with Gasteiger partial charge in [0.1, 0.15) is 5.57 Å². The summed E-state index contributed by atoms with van der Waals surface area (Å²) in [7, 11) is 1.02. The molecule has 0 atom stereocenters. The van der Waals surface area contributed by atoms with Crippen molar-refractivity contribution in [1.82, 2.24) is 0 Å². The van der Waals surface area contributed by atoms with Gasteiger partial charge in [-0.05, 0) is 0 Å². The van der Waals surface area contributed by atoms with E-state index in [1.54, 1.807) is 0 Å². The molecule has 0 bridgehead atoms. The molecule has 86 valence electrons. The average molecular weight is 227 g/mol. The molecule has 0 aromatic carbocycles. The molecule has 0 aromatic heterocycles. The molecule has 0 aromatic rings. The maximum Gasteiger partial charge on any atom is 0.344 e. The molecule has 0 radical (unpaired) electrons. The Morgan fingerprint density at radius 1 is 1.44 bits per heavy atom. The molecule has 1 N–H and O–H groups in total. The van der Waals surface area contributed by atoms with Crippen molar-refractivity contribution < 1.29 is 24.4 Å². The Hall–Kier alpha value is -2.44. The molecular weight excluding hydrogens is 218 g/mol. The van der Waals surface area contributed by atoms with E-state index in [-0.39, 0.29) is 0 Å². The van der Waals surface area contributed by atoms with E-state index in [0.29, 0.717) is 6.08 Å². The summed E-state index contributed by atoms with van der Waals surface area (Å²) in [6, 6.07) is 0. The highest BCUT2D eigenvalue weighted by Gasteiger charge is 2.23. The molecular formula is C9H9NO6. The van der Waals surface area contributed by atoms with Crippen molar-refractivity contribution in [3.63, 3.8) is 0 Å². The summed E-state index contributed by atoms with van der Waals surface area (Å²) < 4.78 is 4.22. The third kappa shape index (κ3) is 3.37. The number of carboxylic acid groups (broad SMARTS) is 1. The minimum Gasteiger partial charge on any atom is -0.478 e. The highest BCUT2D eigenvalue weighted by atomic mass is 16.6. The topological polar surface area (TPSA) is 107 Å². The number of esters is 1. The Morgan fingerprint density at radius 2 is 1.94 bits per heavy atom. The molecule has 0 aliphatic heterocycles. The van der Waals surface area contributed by atoms with Gasteiger partial charge in [-0.25, -0.2) is 9.59 Å². The second-order valence-corrected chi connectivity index (χ2v) is 2.59. The molecule has 0 saturated heterocycles. The lowest BCUT2D eigenvalue weighted by Crippen LogP contribution is -2.12. The standard InChI is InChI=1S/C9H9NO6/c1-5(8(11)12)4-7(10(14)15)6(2)9(13)16-3/h4H,1-2H2,3H3,(H,11,12)/b7-4+. The molecule has 0 unspecified atom stereocenters. The molecule has 0 spiro atoms. The Morgan fingerprint density at radius 3 is 2.25 bits per heavy atom. The molecule has 16 heavy (non-hydrogen) atoms. The van der Waals surface area contributed by atoms with Gasteiger partial charge in [0.25, 0.3) is 5.70 Å². The number of nitro groups is 1. The zero-order valence-corrected chi connectivity index (χ0v) is 8.43. The number of carbonyl (C=O) groups is 2. The van der Waals surface area contributed by atoms with E-state index in [1.807, 2.05) is 0 Å². The smallest absolute Gasteiger partial charge is 0.344 e. The lowest BCUT2D eigenvalue weighted by molar-refractivity contribution is -0.420. The van der Waals surface area contributed by atoms with Crippen molar-refractivity contribution in [3.05, 3.63) is 46.2 Å². The van der Waals surface area contributed by atoms with Gasteiger partial charge in [-0.15, -0.1) is 0 Å².